The van der Waals surface area contributed by atoms with Crippen LogP contribution in [0, 0.1) is 6.92 Å². The molecule has 0 aliphatic heterocycles. The minimum Gasteiger partial charge on any atom is -0.375 e. The quantitative estimate of drug-likeness (QED) is 0.284. The van der Waals surface area contributed by atoms with Gasteiger partial charge in [-0.1, -0.05) is 90.5 Å². The normalized spacial score (nSPS) is 13.2. The van der Waals surface area contributed by atoms with Crippen molar-refractivity contribution in [3.05, 3.63) is 107 Å². The van der Waals surface area contributed by atoms with Gasteiger partial charge in [0.25, 0.3) is 0 Å². The molecule has 3 aromatic carbocycles. The summed E-state index contributed by atoms with van der Waals surface area (Å²) in [6.07, 6.45) is 1.19. The van der Waals surface area contributed by atoms with Crippen molar-refractivity contribution in [1.29, 1.82) is 0 Å². The Kier molecular flexibility index (Phi) is 10.7. The maximum atomic E-state index is 12.1. The van der Waals surface area contributed by atoms with Gasteiger partial charge in [-0.25, -0.2) is 13.1 Å². The molecule has 0 radical (unpaired) electrons. The number of hydrogen-bond donors (Lipinski definition) is 2. The third kappa shape index (κ3) is 8.57. The van der Waals surface area contributed by atoms with E-state index in [1.165, 1.54) is 11.8 Å². The van der Waals surface area contributed by atoms with E-state index in [4.69, 9.17) is 4.74 Å². The first-order valence-electron chi connectivity index (χ1n) is 10.4. The van der Waals surface area contributed by atoms with Gasteiger partial charge in [-0.05, 0) is 23.6 Å². The van der Waals surface area contributed by atoms with Gasteiger partial charge in [-0.15, -0.1) is 0 Å². The molecule has 0 saturated carbocycles. The average Bonchev–Trinajstić information content (AvgIpc) is 2.77. The zero-order valence-corrected chi connectivity index (χ0v) is 20.9. The smallest absolute Gasteiger partial charge is 0.375 e. The number of sulfonamides is 1. The molecule has 0 aliphatic carbocycles. The van der Waals surface area contributed by atoms with Gasteiger partial charge < -0.3 is 10.1 Å². The predicted molar refractivity (Wildman–Crippen MR) is 125 cm³/mol. The van der Waals surface area contributed by atoms with Gasteiger partial charge >= 0.3 is 19.5 Å². The van der Waals surface area contributed by atoms with E-state index in [0.29, 0.717) is 19.8 Å². The molecule has 170 valence electrons. The standard InChI is InChI=1S/C25H30N2O3S.Ru/c1-20-13-15-21(16-14-20)19-30-18-17-26-24(22-9-5-3-6-10-22)25(27-31(2,28)29)23-11-7-4-8-12-23;/h3-16,24-27H,17-19H2,1-2H3;/q;+2/t24-,25-;/m0./s1. The third-order valence-corrected chi connectivity index (χ3v) is 5.67. The molecule has 0 fully saturated rings. The maximum absolute atomic E-state index is 12.1. The largest absolute Gasteiger partial charge is 2.00 e. The predicted octanol–water partition coefficient (Wildman–Crippen LogP) is 4.13. The molecule has 7 heteroatoms. The van der Waals surface area contributed by atoms with Crippen LogP contribution in [0.4, 0.5) is 0 Å². The number of nitrogens with one attached hydrogen (secondary N) is 2. The van der Waals surface area contributed by atoms with Crippen LogP contribution in [0.1, 0.15) is 34.3 Å². The molecule has 0 aliphatic rings. The van der Waals surface area contributed by atoms with Crippen LogP contribution >= 0.6 is 0 Å². The van der Waals surface area contributed by atoms with Gasteiger partial charge in [0, 0.05) is 6.54 Å². The van der Waals surface area contributed by atoms with Gasteiger partial charge in [0.1, 0.15) is 0 Å². The van der Waals surface area contributed by atoms with Crippen molar-refractivity contribution in [1.82, 2.24) is 10.0 Å². The Hall–Kier alpha value is -1.89. The Bertz CT molecular complexity index is 1030. The van der Waals surface area contributed by atoms with Crippen LogP contribution < -0.4 is 10.0 Å². The molecule has 2 atom stereocenters. The summed E-state index contributed by atoms with van der Waals surface area (Å²) >= 11 is 0. The first-order chi connectivity index (χ1) is 14.9. The summed E-state index contributed by atoms with van der Waals surface area (Å²) < 4.78 is 32.9. The van der Waals surface area contributed by atoms with Gasteiger partial charge in [-0.2, -0.15) is 0 Å². The van der Waals surface area contributed by atoms with Crippen molar-refractivity contribution in [3.8, 4) is 0 Å². The van der Waals surface area contributed by atoms with E-state index in [1.54, 1.807) is 0 Å². The summed E-state index contributed by atoms with van der Waals surface area (Å²) in [7, 11) is -3.42. The zero-order valence-electron chi connectivity index (χ0n) is 18.3. The van der Waals surface area contributed by atoms with Gasteiger partial charge in [0.2, 0.25) is 10.0 Å². The number of benzene rings is 3. The SMILES string of the molecule is Cc1ccc(COCCN[C@@H](c2ccccc2)[C@@H](NS(C)(=O)=O)c2ccccc2)cc1.[Ru+2]. The van der Waals surface area contributed by atoms with Crippen LogP contribution in [0.25, 0.3) is 0 Å². The molecular formula is C25H30N2O3RuS+2. The summed E-state index contributed by atoms with van der Waals surface area (Å²) in [6.45, 7) is 3.70. The summed E-state index contributed by atoms with van der Waals surface area (Å²) in [4.78, 5) is 0. The van der Waals surface area contributed by atoms with Crippen LogP contribution in [0.5, 0.6) is 0 Å². The van der Waals surface area contributed by atoms with Crippen molar-refractivity contribution in [2.45, 2.75) is 25.6 Å². The number of hydrogen-bond acceptors (Lipinski definition) is 4. The van der Waals surface area contributed by atoms with E-state index in [0.717, 1.165) is 16.7 Å². The maximum Gasteiger partial charge on any atom is 2.00 e. The summed E-state index contributed by atoms with van der Waals surface area (Å²) in [6, 6.07) is 27.1. The molecule has 0 bridgehead atoms. The number of aryl methyl sites for hydroxylation is 1. The fourth-order valence-corrected chi connectivity index (χ4v) is 4.20. The Morgan fingerprint density at radius 1 is 0.812 bits per heavy atom. The summed E-state index contributed by atoms with van der Waals surface area (Å²) in [5.41, 5.74) is 4.26. The van der Waals surface area contributed by atoms with Crippen molar-refractivity contribution in [3.63, 3.8) is 0 Å². The molecule has 3 aromatic rings. The Labute approximate surface area is 204 Å². The summed E-state index contributed by atoms with van der Waals surface area (Å²) in [5, 5.41) is 3.50. The van der Waals surface area contributed by atoms with Crippen LogP contribution in [0.3, 0.4) is 0 Å². The van der Waals surface area contributed by atoms with Crippen LogP contribution in [0.2, 0.25) is 0 Å². The van der Waals surface area contributed by atoms with Gasteiger partial charge in [-0.3, -0.25) is 0 Å². The molecule has 0 amide bonds. The van der Waals surface area contributed by atoms with E-state index >= 15 is 0 Å². The third-order valence-electron chi connectivity index (χ3n) is 4.99. The molecular weight excluding hydrogens is 509 g/mol. The second-order valence-corrected chi connectivity index (χ2v) is 9.44. The molecule has 3 rings (SSSR count). The monoisotopic (exact) mass is 540 g/mol. The van der Waals surface area contributed by atoms with Crippen molar-refractivity contribution >= 4 is 10.0 Å². The first kappa shape index (κ1) is 26.4. The molecule has 0 aromatic heterocycles. The van der Waals surface area contributed by atoms with E-state index in [-0.39, 0.29) is 25.5 Å². The van der Waals surface area contributed by atoms with Gasteiger partial charge in [0.05, 0.1) is 31.6 Å². The molecule has 32 heavy (non-hydrogen) atoms. The second kappa shape index (κ2) is 13.0. The molecule has 2 N–H and O–H groups in total. The first-order valence-corrected chi connectivity index (χ1v) is 12.3. The minimum absolute atomic E-state index is 0. The molecule has 0 heterocycles. The molecule has 5 nitrogen and oxygen atoms in total. The fraction of sp³-hybridized carbons (Fsp3) is 0.280. The average molecular weight is 540 g/mol. The molecule has 0 unspecified atom stereocenters. The van der Waals surface area contributed by atoms with E-state index in [2.05, 4.69) is 41.2 Å². The van der Waals surface area contributed by atoms with E-state index < -0.39 is 16.1 Å². The molecule has 0 spiro atoms. The Morgan fingerprint density at radius 3 is 1.88 bits per heavy atom. The van der Waals surface area contributed by atoms with E-state index in [9.17, 15) is 8.42 Å². The minimum atomic E-state index is -3.42. The zero-order chi connectivity index (χ0) is 22.1. The van der Waals surface area contributed by atoms with Gasteiger partial charge in [0.15, 0.2) is 0 Å². The number of rotatable bonds is 11. The topological polar surface area (TPSA) is 67.4 Å². The fourth-order valence-electron chi connectivity index (χ4n) is 3.47. The van der Waals surface area contributed by atoms with Crippen LogP contribution in [-0.4, -0.2) is 27.8 Å². The van der Waals surface area contributed by atoms with Crippen molar-refractivity contribution in [2.24, 2.45) is 0 Å². The van der Waals surface area contributed by atoms with Crippen molar-refractivity contribution in [2.75, 3.05) is 19.4 Å². The van der Waals surface area contributed by atoms with Crippen LogP contribution in [-0.2, 0) is 40.8 Å². The summed E-state index contributed by atoms with van der Waals surface area (Å²) in [5.74, 6) is 0. The van der Waals surface area contributed by atoms with E-state index in [1.807, 2.05) is 60.7 Å². The van der Waals surface area contributed by atoms with Crippen molar-refractivity contribution < 1.29 is 32.6 Å². The Morgan fingerprint density at radius 2 is 1.34 bits per heavy atom. The Balaban J connectivity index is 0.00000363. The molecule has 0 saturated heterocycles. The second-order valence-electron chi connectivity index (χ2n) is 7.66. The van der Waals surface area contributed by atoms with Crippen LogP contribution in [0.15, 0.2) is 84.9 Å². The number of ether oxygens (including phenoxy) is 1.